The number of nitrogens with two attached hydrogens (primary N) is 1. The third kappa shape index (κ3) is 4.68. The first-order chi connectivity index (χ1) is 4.30. The summed E-state index contributed by atoms with van der Waals surface area (Å²) in [5.74, 6) is -0.879. The maximum atomic E-state index is 10.2. The molecule has 0 aliphatic heterocycles. The summed E-state index contributed by atoms with van der Waals surface area (Å²) < 4.78 is 0. The van der Waals surface area contributed by atoms with Crippen LogP contribution in [-0.2, 0) is 0 Å². The second kappa shape index (κ2) is 6.96. The molecular formula is C7H8KNO2. The monoisotopic (exact) mass is 177 g/mol. The average Bonchev–Trinajstić information content (AvgIpc) is 1.90. The molecule has 0 saturated heterocycles. The van der Waals surface area contributed by atoms with E-state index in [1.54, 1.807) is 30.3 Å². The van der Waals surface area contributed by atoms with Crippen molar-refractivity contribution in [1.82, 2.24) is 0 Å². The van der Waals surface area contributed by atoms with E-state index in [0.29, 0.717) is 5.56 Å². The van der Waals surface area contributed by atoms with Crippen LogP contribution in [0.15, 0.2) is 30.3 Å². The SMILES string of the molecule is O=C(O)c1ccccc1.[K+].[NH2-]. The first-order valence-electron chi connectivity index (χ1n) is 2.59. The molecule has 1 rings (SSSR count). The van der Waals surface area contributed by atoms with E-state index >= 15 is 0 Å². The number of carboxylic acids is 1. The molecule has 0 radical (unpaired) electrons. The van der Waals surface area contributed by atoms with Gasteiger partial charge in [0.2, 0.25) is 0 Å². The quantitative estimate of drug-likeness (QED) is 0.565. The molecule has 3 N–H and O–H groups in total. The number of hydrogen-bond acceptors (Lipinski definition) is 1. The zero-order chi connectivity index (χ0) is 6.69. The standard InChI is InChI=1S/C7H6O2.K.H2N/c8-7(9)6-4-2-1-3-5-6;;/h1-5H,(H,8,9);;1H2/q;+1;-1. The van der Waals surface area contributed by atoms with Crippen molar-refractivity contribution in [2.75, 3.05) is 0 Å². The Balaban J connectivity index is 0. The summed E-state index contributed by atoms with van der Waals surface area (Å²) in [6.45, 7) is 0. The predicted octanol–water partition coefficient (Wildman–Crippen LogP) is -0.894. The third-order valence-electron chi connectivity index (χ3n) is 1.02. The maximum Gasteiger partial charge on any atom is 1.00 e. The fraction of sp³-hybridized carbons (Fsp3) is 0. The van der Waals surface area contributed by atoms with Gasteiger partial charge in [0, 0.05) is 0 Å². The molecule has 1 aromatic rings. The first-order valence-corrected chi connectivity index (χ1v) is 2.59. The van der Waals surface area contributed by atoms with Crippen molar-refractivity contribution in [2.24, 2.45) is 0 Å². The Hall–Kier alpha value is 0.286. The molecule has 11 heavy (non-hydrogen) atoms. The van der Waals surface area contributed by atoms with Crippen molar-refractivity contribution >= 4 is 5.97 Å². The first kappa shape index (κ1) is 13.8. The Kier molecular flexibility index (Phi) is 8.77. The summed E-state index contributed by atoms with van der Waals surface area (Å²) in [7, 11) is 0. The summed E-state index contributed by atoms with van der Waals surface area (Å²) in [4.78, 5) is 10.2. The van der Waals surface area contributed by atoms with E-state index in [4.69, 9.17) is 5.11 Å². The minimum Gasteiger partial charge on any atom is -0.693 e. The number of rotatable bonds is 1. The number of aromatic carboxylic acids is 1. The van der Waals surface area contributed by atoms with Crippen molar-refractivity contribution in [3.05, 3.63) is 42.0 Å². The van der Waals surface area contributed by atoms with Crippen LogP contribution in [0.5, 0.6) is 0 Å². The van der Waals surface area contributed by atoms with Gasteiger partial charge < -0.3 is 11.3 Å². The van der Waals surface area contributed by atoms with Crippen LogP contribution in [0.25, 0.3) is 6.15 Å². The Labute approximate surface area is 108 Å². The molecular weight excluding hydrogens is 169 g/mol. The van der Waals surface area contributed by atoms with Crippen LogP contribution in [0.3, 0.4) is 0 Å². The summed E-state index contributed by atoms with van der Waals surface area (Å²) in [6, 6.07) is 8.30. The smallest absolute Gasteiger partial charge is 0.693 e. The zero-order valence-electron chi connectivity index (χ0n) is 6.32. The van der Waals surface area contributed by atoms with Gasteiger partial charge in [0.25, 0.3) is 0 Å². The maximum absolute atomic E-state index is 10.2. The van der Waals surface area contributed by atoms with Gasteiger partial charge in [-0.1, -0.05) is 18.2 Å². The van der Waals surface area contributed by atoms with Crippen LogP contribution in [0.4, 0.5) is 0 Å². The van der Waals surface area contributed by atoms with Gasteiger partial charge in [0.1, 0.15) is 0 Å². The average molecular weight is 177 g/mol. The van der Waals surface area contributed by atoms with Crippen molar-refractivity contribution < 1.29 is 61.3 Å². The fourth-order valence-corrected chi connectivity index (χ4v) is 0.581. The Morgan fingerprint density at radius 2 is 1.64 bits per heavy atom. The van der Waals surface area contributed by atoms with Gasteiger partial charge in [-0.3, -0.25) is 0 Å². The van der Waals surface area contributed by atoms with Gasteiger partial charge in [-0.05, 0) is 12.1 Å². The van der Waals surface area contributed by atoms with Crippen molar-refractivity contribution in [2.45, 2.75) is 0 Å². The third-order valence-corrected chi connectivity index (χ3v) is 1.02. The van der Waals surface area contributed by atoms with E-state index in [0.717, 1.165) is 0 Å². The number of hydrogen-bond donors (Lipinski definition) is 1. The molecule has 0 unspecified atom stereocenters. The molecule has 4 heteroatoms. The molecule has 0 aromatic heterocycles. The van der Waals surface area contributed by atoms with Crippen molar-refractivity contribution in [3.63, 3.8) is 0 Å². The van der Waals surface area contributed by atoms with Crippen LogP contribution in [0.2, 0.25) is 0 Å². The largest absolute Gasteiger partial charge is 1.00 e. The van der Waals surface area contributed by atoms with Gasteiger partial charge in [-0.15, -0.1) is 0 Å². The summed E-state index contributed by atoms with van der Waals surface area (Å²) >= 11 is 0. The second-order valence-corrected chi connectivity index (χ2v) is 1.67. The molecule has 3 nitrogen and oxygen atoms in total. The van der Waals surface area contributed by atoms with Gasteiger partial charge in [0.05, 0.1) is 5.56 Å². The summed E-state index contributed by atoms with van der Waals surface area (Å²) in [5.41, 5.74) is 0.331. The summed E-state index contributed by atoms with van der Waals surface area (Å²) in [5, 5.41) is 8.38. The van der Waals surface area contributed by atoms with Crippen molar-refractivity contribution in [3.8, 4) is 0 Å². The topological polar surface area (TPSA) is 70.8 Å². The molecule has 0 fully saturated rings. The van der Waals surface area contributed by atoms with Gasteiger partial charge in [-0.25, -0.2) is 4.79 Å². The Morgan fingerprint density at radius 3 is 1.91 bits per heavy atom. The molecule has 0 spiro atoms. The summed E-state index contributed by atoms with van der Waals surface area (Å²) in [6.07, 6.45) is 0. The number of carboxylic acid groups (broad SMARTS) is 1. The molecule has 0 amide bonds. The molecule has 0 aliphatic carbocycles. The van der Waals surface area contributed by atoms with Crippen LogP contribution < -0.4 is 51.4 Å². The molecule has 0 heterocycles. The van der Waals surface area contributed by atoms with Crippen LogP contribution >= 0.6 is 0 Å². The van der Waals surface area contributed by atoms with E-state index in [1.807, 2.05) is 0 Å². The molecule has 0 atom stereocenters. The van der Waals surface area contributed by atoms with E-state index in [-0.39, 0.29) is 57.5 Å². The fourth-order valence-electron chi connectivity index (χ4n) is 0.581. The zero-order valence-corrected chi connectivity index (χ0v) is 9.44. The minimum atomic E-state index is -0.879. The van der Waals surface area contributed by atoms with E-state index in [1.165, 1.54) is 0 Å². The van der Waals surface area contributed by atoms with Crippen LogP contribution in [0, 0.1) is 0 Å². The molecule has 0 aliphatic rings. The molecule has 0 bridgehead atoms. The van der Waals surface area contributed by atoms with Gasteiger partial charge in [0.15, 0.2) is 0 Å². The van der Waals surface area contributed by atoms with Crippen LogP contribution in [-0.4, -0.2) is 11.1 Å². The Morgan fingerprint density at radius 1 is 1.18 bits per heavy atom. The van der Waals surface area contributed by atoms with Gasteiger partial charge in [-0.2, -0.15) is 0 Å². The van der Waals surface area contributed by atoms with Crippen molar-refractivity contribution in [1.29, 1.82) is 0 Å². The Bertz CT molecular complexity index is 213. The van der Waals surface area contributed by atoms with E-state index in [2.05, 4.69) is 0 Å². The predicted molar refractivity (Wildman–Crippen MR) is 38.7 cm³/mol. The number of benzene rings is 1. The van der Waals surface area contributed by atoms with E-state index in [9.17, 15) is 4.79 Å². The molecule has 1 aromatic carbocycles. The number of carbonyl (C=O) groups is 1. The van der Waals surface area contributed by atoms with E-state index < -0.39 is 5.97 Å². The normalized spacial score (nSPS) is 7.27. The molecule has 0 saturated carbocycles. The van der Waals surface area contributed by atoms with Gasteiger partial charge >= 0.3 is 57.4 Å². The minimum absolute atomic E-state index is 0. The second-order valence-electron chi connectivity index (χ2n) is 1.67. The van der Waals surface area contributed by atoms with Crippen LogP contribution in [0.1, 0.15) is 10.4 Å². The molecule has 54 valence electrons.